The molecule has 1 rings (SSSR count). The number of carbonyl (C=O) groups excluding carboxylic acids is 2. The largest absolute Gasteiger partial charge is 0.478 e. The van der Waals surface area contributed by atoms with E-state index in [0.29, 0.717) is 0 Å². The van der Waals surface area contributed by atoms with Crippen LogP contribution in [0.2, 0.25) is 0 Å². The first-order valence-corrected chi connectivity index (χ1v) is 5.94. The molecule has 0 fully saturated rings. The van der Waals surface area contributed by atoms with Crippen LogP contribution in [0.25, 0.3) is 0 Å². The van der Waals surface area contributed by atoms with Gasteiger partial charge >= 0.3 is 17.9 Å². The minimum absolute atomic E-state index is 0.0215. The molecule has 0 amide bonds. The number of esters is 2. The molecule has 0 saturated carbocycles. The molecule has 0 aliphatic rings. The van der Waals surface area contributed by atoms with Crippen molar-refractivity contribution in [2.45, 2.75) is 0 Å². The molecule has 0 aromatic heterocycles. The summed E-state index contributed by atoms with van der Waals surface area (Å²) in [6.07, 6.45) is 2.75. The van der Waals surface area contributed by atoms with Crippen molar-refractivity contribution in [3.8, 4) is 0 Å². The van der Waals surface area contributed by atoms with E-state index in [1.165, 1.54) is 18.2 Å². The summed E-state index contributed by atoms with van der Waals surface area (Å²) < 4.78 is 9.62. The van der Waals surface area contributed by atoms with Crippen LogP contribution in [0.5, 0.6) is 0 Å². The molecule has 0 spiro atoms. The van der Waals surface area contributed by atoms with E-state index in [2.05, 4.69) is 13.2 Å². The number of ether oxygens (including phenoxy) is 2. The minimum Gasteiger partial charge on any atom is -0.478 e. The van der Waals surface area contributed by atoms with E-state index in [9.17, 15) is 14.4 Å². The van der Waals surface area contributed by atoms with E-state index in [4.69, 9.17) is 14.6 Å². The van der Waals surface area contributed by atoms with Gasteiger partial charge in [0.1, 0.15) is 13.2 Å². The Morgan fingerprint density at radius 3 is 1.62 bits per heavy atom. The van der Waals surface area contributed by atoms with Gasteiger partial charge in [-0.15, -0.1) is 0 Å². The second kappa shape index (κ2) is 7.64. The summed E-state index contributed by atoms with van der Waals surface area (Å²) in [6.45, 7) is 6.75. The second-order valence-corrected chi connectivity index (χ2v) is 3.88. The molecule has 0 unspecified atom stereocenters. The molecule has 6 nitrogen and oxygen atoms in total. The number of carboxylic acids is 1. The molecule has 1 aromatic carbocycles. The van der Waals surface area contributed by atoms with Gasteiger partial charge in [-0.05, 0) is 18.2 Å². The minimum atomic E-state index is -1.27. The Balaban J connectivity index is 3.13. The predicted molar refractivity (Wildman–Crippen MR) is 74.4 cm³/mol. The second-order valence-electron chi connectivity index (χ2n) is 3.88. The summed E-state index contributed by atoms with van der Waals surface area (Å²) in [5.41, 5.74) is -0.321. The monoisotopic (exact) mass is 290 g/mol. The van der Waals surface area contributed by atoms with E-state index in [1.807, 2.05) is 0 Å². The van der Waals surface area contributed by atoms with Gasteiger partial charge in [0.05, 0.1) is 16.7 Å². The third-order valence-corrected chi connectivity index (χ3v) is 2.32. The van der Waals surface area contributed by atoms with Crippen LogP contribution in [-0.2, 0) is 9.47 Å². The average molecular weight is 290 g/mol. The van der Waals surface area contributed by atoms with E-state index in [1.54, 1.807) is 0 Å². The third-order valence-electron chi connectivity index (χ3n) is 2.32. The Bertz CT molecular complexity index is 546. The lowest BCUT2D eigenvalue weighted by molar-refractivity contribution is 0.0548. The summed E-state index contributed by atoms with van der Waals surface area (Å²) in [6, 6.07) is 3.46. The van der Waals surface area contributed by atoms with Crippen LogP contribution in [0.1, 0.15) is 31.1 Å². The van der Waals surface area contributed by atoms with Gasteiger partial charge < -0.3 is 14.6 Å². The Labute approximate surface area is 121 Å². The molecule has 6 heteroatoms. The Kier molecular flexibility index (Phi) is 5.88. The SMILES string of the molecule is C=CCOC(=O)c1cc(C(=O)O)cc(C(=O)OCC=C)c1. The first-order chi connectivity index (χ1) is 9.99. The van der Waals surface area contributed by atoms with Crippen LogP contribution < -0.4 is 0 Å². The van der Waals surface area contributed by atoms with Gasteiger partial charge in [-0.2, -0.15) is 0 Å². The van der Waals surface area contributed by atoms with Crippen molar-refractivity contribution in [1.82, 2.24) is 0 Å². The van der Waals surface area contributed by atoms with Crippen LogP contribution in [-0.4, -0.2) is 36.2 Å². The molecule has 21 heavy (non-hydrogen) atoms. The zero-order chi connectivity index (χ0) is 15.8. The summed E-state index contributed by atoms with van der Waals surface area (Å²) in [7, 11) is 0. The predicted octanol–water partition coefficient (Wildman–Crippen LogP) is 2.07. The Morgan fingerprint density at radius 1 is 0.905 bits per heavy atom. The van der Waals surface area contributed by atoms with Gasteiger partial charge in [-0.25, -0.2) is 14.4 Å². The smallest absolute Gasteiger partial charge is 0.338 e. The number of carbonyl (C=O) groups is 3. The zero-order valence-corrected chi connectivity index (χ0v) is 11.2. The molecule has 110 valence electrons. The quantitative estimate of drug-likeness (QED) is 0.610. The van der Waals surface area contributed by atoms with E-state index >= 15 is 0 Å². The van der Waals surface area contributed by atoms with Crippen molar-refractivity contribution in [2.75, 3.05) is 13.2 Å². The molecule has 0 heterocycles. The topological polar surface area (TPSA) is 89.9 Å². The summed E-state index contributed by atoms with van der Waals surface area (Å²) in [4.78, 5) is 34.5. The maximum Gasteiger partial charge on any atom is 0.338 e. The van der Waals surface area contributed by atoms with Crippen LogP contribution in [0, 0.1) is 0 Å². The molecule has 0 aliphatic carbocycles. The molecular formula is C15H14O6. The number of rotatable bonds is 7. The van der Waals surface area contributed by atoms with Gasteiger partial charge in [-0.1, -0.05) is 25.3 Å². The molecule has 0 atom stereocenters. The van der Waals surface area contributed by atoms with Crippen LogP contribution in [0.15, 0.2) is 43.5 Å². The average Bonchev–Trinajstić information content (AvgIpc) is 2.49. The Hall–Kier alpha value is -2.89. The van der Waals surface area contributed by atoms with Crippen molar-refractivity contribution in [3.63, 3.8) is 0 Å². The Morgan fingerprint density at radius 2 is 1.29 bits per heavy atom. The summed E-state index contributed by atoms with van der Waals surface area (Å²) in [5, 5.41) is 9.01. The van der Waals surface area contributed by atoms with Crippen molar-refractivity contribution in [3.05, 3.63) is 60.2 Å². The highest BCUT2D eigenvalue weighted by molar-refractivity contribution is 6.00. The molecule has 1 N–H and O–H groups in total. The maximum absolute atomic E-state index is 11.7. The molecule has 0 aliphatic heterocycles. The van der Waals surface area contributed by atoms with Crippen LogP contribution >= 0.6 is 0 Å². The highest BCUT2D eigenvalue weighted by atomic mass is 16.5. The number of aromatic carboxylic acids is 1. The standard InChI is InChI=1S/C15H14O6/c1-3-5-20-14(18)11-7-10(13(16)17)8-12(9-11)15(19)21-6-4-2/h3-4,7-9H,1-2,5-6H2,(H,16,17). The van der Waals surface area contributed by atoms with Gasteiger partial charge in [0, 0.05) is 0 Å². The number of benzene rings is 1. The van der Waals surface area contributed by atoms with Gasteiger partial charge in [0.15, 0.2) is 0 Å². The normalized spacial score (nSPS) is 9.52. The van der Waals surface area contributed by atoms with Gasteiger partial charge in [0.2, 0.25) is 0 Å². The van der Waals surface area contributed by atoms with Crippen LogP contribution in [0.4, 0.5) is 0 Å². The molecule has 0 radical (unpaired) electrons. The fraction of sp³-hybridized carbons (Fsp3) is 0.133. The van der Waals surface area contributed by atoms with Crippen molar-refractivity contribution >= 4 is 17.9 Å². The molecule has 1 aromatic rings. The molecular weight excluding hydrogens is 276 g/mol. The lowest BCUT2D eigenvalue weighted by atomic mass is 10.1. The van der Waals surface area contributed by atoms with Crippen molar-refractivity contribution in [2.24, 2.45) is 0 Å². The highest BCUT2D eigenvalue weighted by Crippen LogP contribution is 2.13. The fourth-order valence-electron chi connectivity index (χ4n) is 1.42. The molecule has 0 saturated heterocycles. The zero-order valence-electron chi connectivity index (χ0n) is 11.2. The molecule has 0 bridgehead atoms. The summed E-state index contributed by atoms with van der Waals surface area (Å²) in [5.74, 6) is -2.78. The van der Waals surface area contributed by atoms with Gasteiger partial charge in [-0.3, -0.25) is 0 Å². The fourth-order valence-corrected chi connectivity index (χ4v) is 1.42. The first-order valence-electron chi connectivity index (χ1n) is 5.94. The maximum atomic E-state index is 11.7. The summed E-state index contributed by atoms with van der Waals surface area (Å²) >= 11 is 0. The lowest BCUT2D eigenvalue weighted by Crippen LogP contribution is -2.12. The van der Waals surface area contributed by atoms with E-state index in [0.717, 1.165) is 12.1 Å². The third kappa shape index (κ3) is 4.61. The number of hydrogen-bond acceptors (Lipinski definition) is 5. The van der Waals surface area contributed by atoms with Crippen molar-refractivity contribution < 1.29 is 29.0 Å². The number of carboxylic acid groups (broad SMARTS) is 1. The van der Waals surface area contributed by atoms with Crippen LogP contribution in [0.3, 0.4) is 0 Å². The first kappa shape index (κ1) is 16.2. The number of hydrogen-bond donors (Lipinski definition) is 1. The van der Waals surface area contributed by atoms with E-state index in [-0.39, 0.29) is 29.9 Å². The lowest BCUT2D eigenvalue weighted by Gasteiger charge is -2.07. The van der Waals surface area contributed by atoms with Crippen molar-refractivity contribution in [1.29, 1.82) is 0 Å². The van der Waals surface area contributed by atoms with E-state index < -0.39 is 17.9 Å². The highest BCUT2D eigenvalue weighted by Gasteiger charge is 2.17. The van der Waals surface area contributed by atoms with Gasteiger partial charge in [0.25, 0.3) is 0 Å².